The van der Waals surface area contributed by atoms with Crippen LogP contribution in [-0.2, 0) is 0 Å². The number of benzene rings is 1. The zero-order chi connectivity index (χ0) is 10.8. The van der Waals surface area contributed by atoms with Crippen LogP contribution in [0.4, 0.5) is 0 Å². The van der Waals surface area contributed by atoms with Crippen molar-refractivity contribution in [2.75, 3.05) is 0 Å². The summed E-state index contributed by atoms with van der Waals surface area (Å²) in [7, 11) is 0. The Kier molecular flexibility index (Phi) is 2.76. The van der Waals surface area contributed by atoms with Crippen LogP contribution in [0.5, 0.6) is 0 Å². The number of rotatable bonds is 3. The summed E-state index contributed by atoms with van der Waals surface area (Å²) >= 11 is 0. The van der Waals surface area contributed by atoms with E-state index in [4.69, 9.17) is 0 Å². The summed E-state index contributed by atoms with van der Waals surface area (Å²) in [6, 6.07) is 8.91. The molecule has 2 heteroatoms. The molecule has 0 spiro atoms. The summed E-state index contributed by atoms with van der Waals surface area (Å²) < 4.78 is 2.35. The second-order valence-corrected chi connectivity index (χ2v) is 4.16. The molecule has 0 N–H and O–H groups in total. The number of aromatic nitrogens is 2. The van der Waals surface area contributed by atoms with Gasteiger partial charge in [-0.25, -0.2) is 4.98 Å². The summed E-state index contributed by atoms with van der Waals surface area (Å²) in [5.41, 5.74) is 2.37. The van der Waals surface area contributed by atoms with Gasteiger partial charge in [0.15, 0.2) is 0 Å². The Bertz CT molecular complexity index is 457. The second kappa shape index (κ2) is 4.05. The third-order valence-corrected chi connectivity index (χ3v) is 2.92. The molecule has 0 saturated heterocycles. The quantitative estimate of drug-likeness (QED) is 0.742. The van der Waals surface area contributed by atoms with Crippen molar-refractivity contribution in [2.45, 2.75) is 39.7 Å². The first-order valence-electron chi connectivity index (χ1n) is 5.67. The minimum atomic E-state index is 0.544. The Morgan fingerprint density at radius 1 is 1.33 bits per heavy atom. The average molecular weight is 202 g/mol. The number of aryl methyl sites for hydroxylation is 1. The lowest BCUT2D eigenvalue weighted by Crippen LogP contribution is -2.06. The Morgan fingerprint density at radius 3 is 2.80 bits per heavy atom. The number of hydrogen-bond donors (Lipinski definition) is 0. The zero-order valence-electron chi connectivity index (χ0n) is 9.70. The highest BCUT2D eigenvalue weighted by Crippen LogP contribution is 2.23. The molecule has 0 amide bonds. The van der Waals surface area contributed by atoms with E-state index in [1.807, 2.05) is 6.07 Å². The summed E-state index contributed by atoms with van der Waals surface area (Å²) in [6.07, 6.45) is 2.42. The molecule has 0 bridgehead atoms. The molecule has 1 unspecified atom stereocenters. The number of hydrogen-bond acceptors (Lipinski definition) is 1. The van der Waals surface area contributed by atoms with E-state index in [9.17, 15) is 0 Å². The van der Waals surface area contributed by atoms with Crippen molar-refractivity contribution >= 4 is 11.0 Å². The largest absolute Gasteiger partial charge is 0.325 e. The van der Waals surface area contributed by atoms with Crippen molar-refractivity contribution in [1.29, 1.82) is 0 Å². The lowest BCUT2D eigenvalue weighted by Gasteiger charge is -2.15. The van der Waals surface area contributed by atoms with Crippen molar-refractivity contribution in [2.24, 2.45) is 0 Å². The molecule has 1 aromatic heterocycles. The molecule has 1 aromatic carbocycles. The van der Waals surface area contributed by atoms with E-state index in [-0.39, 0.29) is 0 Å². The van der Waals surface area contributed by atoms with Crippen molar-refractivity contribution in [1.82, 2.24) is 9.55 Å². The zero-order valence-corrected chi connectivity index (χ0v) is 9.70. The standard InChI is InChI=1S/C13H18N2/c1-4-7-10(2)15-11(3)14-12-8-5-6-9-13(12)15/h5-6,8-10H,4,7H2,1-3H3. The van der Waals surface area contributed by atoms with Gasteiger partial charge < -0.3 is 4.57 Å². The summed E-state index contributed by atoms with van der Waals surface area (Å²) in [5, 5.41) is 0. The third kappa shape index (κ3) is 1.76. The van der Waals surface area contributed by atoms with E-state index in [1.165, 1.54) is 18.4 Å². The van der Waals surface area contributed by atoms with Crippen LogP contribution >= 0.6 is 0 Å². The maximum absolute atomic E-state index is 4.58. The van der Waals surface area contributed by atoms with Crippen molar-refractivity contribution in [3.8, 4) is 0 Å². The fourth-order valence-corrected chi connectivity index (χ4v) is 2.27. The van der Waals surface area contributed by atoms with Crippen LogP contribution < -0.4 is 0 Å². The predicted molar refractivity (Wildman–Crippen MR) is 64.1 cm³/mol. The van der Waals surface area contributed by atoms with E-state index in [1.54, 1.807) is 0 Å². The minimum absolute atomic E-state index is 0.544. The van der Waals surface area contributed by atoms with E-state index in [0.29, 0.717) is 6.04 Å². The van der Waals surface area contributed by atoms with Gasteiger partial charge in [-0.1, -0.05) is 25.5 Å². The molecule has 0 aliphatic carbocycles. The van der Waals surface area contributed by atoms with Crippen LogP contribution in [0.3, 0.4) is 0 Å². The Hall–Kier alpha value is -1.31. The Morgan fingerprint density at radius 2 is 2.07 bits per heavy atom. The van der Waals surface area contributed by atoms with Gasteiger partial charge in [-0.15, -0.1) is 0 Å². The molecule has 0 fully saturated rings. The molecular weight excluding hydrogens is 184 g/mol. The van der Waals surface area contributed by atoms with Gasteiger partial charge in [0.1, 0.15) is 5.82 Å². The molecule has 0 aliphatic rings. The van der Waals surface area contributed by atoms with Gasteiger partial charge in [0.2, 0.25) is 0 Å². The van der Waals surface area contributed by atoms with Gasteiger partial charge in [0, 0.05) is 6.04 Å². The van der Waals surface area contributed by atoms with E-state index >= 15 is 0 Å². The molecule has 2 aromatic rings. The van der Waals surface area contributed by atoms with Gasteiger partial charge in [-0.2, -0.15) is 0 Å². The summed E-state index contributed by atoms with van der Waals surface area (Å²) in [5.74, 6) is 1.12. The second-order valence-electron chi connectivity index (χ2n) is 4.16. The molecule has 15 heavy (non-hydrogen) atoms. The monoisotopic (exact) mass is 202 g/mol. The van der Waals surface area contributed by atoms with Gasteiger partial charge in [0.25, 0.3) is 0 Å². The molecule has 1 atom stereocenters. The molecular formula is C13H18N2. The number of nitrogens with zero attached hydrogens (tertiary/aromatic N) is 2. The van der Waals surface area contributed by atoms with Gasteiger partial charge in [-0.3, -0.25) is 0 Å². The number of imidazole rings is 1. The van der Waals surface area contributed by atoms with Crippen molar-refractivity contribution in [3.05, 3.63) is 30.1 Å². The molecule has 1 heterocycles. The van der Waals surface area contributed by atoms with Crippen LogP contribution in [0.15, 0.2) is 24.3 Å². The number of para-hydroxylation sites is 2. The molecule has 80 valence electrons. The van der Waals surface area contributed by atoms with Crippen LogP contribution in [0.2, 0.25) is 0 Å². The van der Waals surface area contributed by atoms with Gasteiger partial charge in [0.05, 0.1) is 11.0 Å². The van der Waals surface area contributed by atoms with Crippen LogP contribution in [-0.4, -0.2) is 9.55 Å². The van der Waals surface area contributed by atoms with Crippen molar-refractivity contribution in [3.63, 3.8) is 0 Å². The normalized spacial score (nSPS) is 13.3. The topological polar surface area (TPSA) is 17.8 Å². The van der Waals surface area contributed by atoms with E-state index < -0.39 is 0 Å². The van der Waals surface area contributed by atoms with Crippen LogP contribution in [0.1, 0.15) is 38.6 Å². The van der Waals surface area contributed by atoms with Gasteiger partial charge in [-0.05, 0) is 32.4 Å². The predicted octanol–water partition coefficient (Wildman–Crippen LogP) is 3.71. The van der Waals surface area contributed by atoms with E-state index in [0.717, 1.165) is 11.3 Å². The molecule has 0 saturated carbocycles. The summed E-state index contributed by atoms with van der Waals surface area (Å²) in [6.45, 7) is 6.59. The maximum atomic E-state index is 4.58. The fraction of sp³-hybridized carbons (Fsp3) is 0.462. The average Bonchev–Trinajstić information content (AvgIpc) is 2.54. The molecule has 2 nitrogen and oxygen atoms in total. The molecule has 0 radical (unpaired) electrons. The van der Waals surface area contributed by atoms with Crippen LogP contribution in [0, 0.1) is 6.92 Å². The Labute approximate surface area is 90.9 Å². The fourth-order valence-electron chi connectivity index (χ4n) is 2.27. The van der Waals surface area contributed by atoms with Crippen LogP contribution in [0.25, 0.3) is 11.0 Å². The lowest BCUT2D eigenvalue weighted by molar-refractivity contribution is 0.502. The lowest BCUT2D eigenvalue weighted by atomic mass is 10.2. The maximum Gasteiger partial charge on any atom is 0.106 e. The first kappa shape index (κ1) is 10.2. The highest BCUT2D eigenvalue weighted by atomic mass is 15.1. The first-order chi connectivity index (χ1) is 7.24. The smallest absolute Gasteiger partial charge is 0.106 e. The first-order valence-corrected chi connectivity index (χ1v) is 5.67. The molecule has 0 aliphatic heterocycles. The number of fused-ring (bicyclic) bond motifs is 1. The highest BCUT2D eigenvalue weighted by molar-refractivity contribution is 5.76. The van der Waals surface area contributed by atoms with E-state index in [2.05, 4.69) is 48.5 Å². The van der Waals surface area contributed by atoms with Crippen molar-refractivity contribution < 1.29 is 0 Å². The summed E-state index contributed by atoms with van der Waals surface area (Å²) in [4.78, 5) is 4.58. The highest BCUT2D eigenvalue weighted by Gasteiger charge is 2.11. The van der Waals surface area contributed by atoms with Gasteiger partial charge >= 0.3 is 0 Å². The third-order valence-electron chi connectivity index (χ3n) is 2.92. The Balaban J connectivity index is 2.53. The SMILES string of the molecule is CCCC(C)n1c(C)nc2ccccc21. The molecule has 2 rings (SSSR count). The minimum Gasteiger partial charge on any atom is -0.325 e.